The predicted octanol–water partition coefficient (Wildman–Crippen LogP) is 2.11. The molecule has 0 saturated carbocycles. The fraction of sp³-hybridized carbons (Fsp3) is 0.250. The van der Waals surface area contributed by atoms with Crippen LogP contribution in [0.15, 0.2) is 35.5 Å². The summed E-state index contributed by atoms with van der Waals surface area (Å²) in [5.41, 5.74) is 1.10. The minimum absolute atomic E-state index is 0.0166. The van der Waals surface area contributed by atoms with Crippen LogP contribution in [0.1, 0.15) is 11.1 Å². The highest BCUT2D eigenvalue weighted by Crippen LogP contribution is 2.19. The van der Waals surface area contributed by atoms with Gasteiger partial charge in [-0.3, -0.25) is 5.10 Å². The van der Waals surface area contributed by atoms with Gasteiger partial charge < -0.3 is 0 Å². The van der Waals surface area contributed by atoms with Crippen molar-refractivity contribution >= 4 is 21.6 Å². The average molecular weight is 318 g/mol. The predicted molar refractivity (Wildman–Crippen MR) is 73.2 cm³/mol. The van der Waals surface area contributed by atoms with Crippen LogP contribution in [0.4, 0.5) is 4.39 Å². The summed E-state index contributed by atoms with van der Waals surface area (Å²) in [6, 6.07) is 5.65. The third kappa shape index (κ3) is 3.00. The van der Waals surface area contributed by atoms with E-state index in [0.29, 0.717) is 11.1 Å². The van der Waals surface area contributed by atoms with Crippen LogP contribution in [0, 0.1) is 5.82 Å². The number of benzene rings is 1. The maximum atomic E-state index is 12.8. The number of halogens is 2. The van der Waals surface area contributed by atoms with Gasteiger partial charge in [-0.15, -0.1) is 11.6 Å². The molecular formula is C12H13ClFN3O2S. The van der Waals surface area contributed by atoms with Gasteiger partial charge in [0.05, 0.1) is 12.1 Å². The minimum Gasteiger partial charge on any atom is -0.266 e. The first-order valence-corrected chi connectivity index (χ1v) is 7.71. The SMILES string of the molecule is CN(Cc1ccc(F)cc1)S(=O)(=O)c1[nH]ncc1CCl. The zero-order valence-electron chi connectivity index (χ0n) is 10.7. The lowest BCUT2D eigenvalue weighted by atomic mass is 10.2. The van der Waals surface area contributed by atoms with Gasteiger partial charge in [-0.1, -0.05) is 12.1 Å². The second-order valence-electron chi connectivity index (χ2n) is 4.25. The Morgan fingerprint density at radius 1 is 1.35 bits per heavy atom. The molecular weight excluding hydrogens is 305 g/mol. The van der Waals surface area contributed by atoms with Gasteiger partial charge in [0.15, 0.2) is 5.03 Å². The molecule has 5 nitrogen and oxygen atoms in total. The van der Waals surface area contributed by atoms with Crippen molar-refractivity contribution in [1.82, 2.24) is 14.5 Å². The largest absolute Gasteiger partial charge is 0.266 e. The summed E-state index contributed by atoms with van der Waals surface area (Å²) in [5.74, 6) is -0.313. The molecule has 1 heterocycles. The average Bonchev–Trinajstić information content (AvgIpc) is 2.90. The van der Waals surface area contributed by atoms with Crippen LogP contribution in [0.25, 0.3) is 0 Å². The van der Waals surface area contributed by atoms with E-state index in [2.05, 4.69) is 10.2 Å². The fourth-order valence-electron chi connectivity index (χ4n) is 1.71. The van der Waals surface area contributed by atoms with Crippen LogP contribution in [-0.2, 0) is 22.4 Å². The molecule has 0 atom stereocenters. The lowest BCUT2D eigenvalue weighted by Gasteiger charge is -2.16. The quantitative estimate of drug-likeness (QED) is 0.859. The molecule has 0 saturated heterocycles. The van der Waals surface area contributed by atoms with Crippen molar-refractivity contribution in [3.63, 3.8) is 0 Å². The third-order valence-corrected chi connectivity index (χ3v) is 4.92. The van der Waals surface area contributed by atoms with Crippen LogP contribution in [0.2, 0.25) is 0 Å². The number of sulfonamides is 1. The molecule has 8 heteroatoms. The van der Waals surface area contributed by atoms with E-state index in [9.17, 15) is 12.8 Å². The molecule has 0 bridgehead atoms. The van der Waals surface area contributed by atoms with E-state index in [1.807, 2.05) is 0 Å². The Kier molecular flexibility index (Phi) is 4.42. The zero-order chi connectivity index (χ0) is 14.8. The van der Waals surface area contributed by atoms with Crippen LogP contribution < -0.4 is 0 Å². The highest BCUT2D eigenvalue weighted by molar-refractivity contribution is 7.89. The number of hydrogen-bond acceptors (Lipinski definition) is 3. The van der Waals surface area contributed by atoms with Gasteiger partial charge in [-0.2, -0.15) is 9.40 Å². The summed E-state index contributed by atoms with van der Waals surface area (Å²) in [6.45, 7) is 0.128. The number of aromatic nitrogens is 2. The Labute approximate surface area is 121 Å². The van der Waals surface area contributed by atoms with E-state index in [1.165, 1.54) is 37.5 Å². The summed E-state index contributed by atoms with van der Waals surface area (Å²) < 4.78 is 38.7. The summed E-state index contributed by atoms with van der Waals surface area (Å²) in [7, 11) is -2.27. The van der Waals surface area contributed by atoms with Crippen LogP contribution in [0.3, 0.4) is 0 Å². The van der Waals surface area contributed by atoms with Gasteiger partial charge in [-0.25, -0.2) is 12.8 Å². The molecule has 0 radical (unpaired) electrons. The van der Waals surface area contributed by atoms with Crippen molar-refractivity contribution in [3.8, 4) is 0 Å². The van der Waals surface area contributed by atoms with E-state index in [4.69, 9.17) is 11.6 Å². The molecule has 0 aliphatic carbocycles. The van der Waals surface area contributed by atoms with E-state index in [-0.39, 0.29) is 23.3 Å². The van der Waals surface area contributed by atoms with Crippen LogP contribution >= 0.6 is 11.6 Å². The highest BCUT2D eigenvalue weighted by Gasteiger charge is 2.25. The monoisotopic (exact) mass is 317 g/mol. The lowest BCUT2D eigenvalue weighted by Crippen LogP contribution is -2.27. The number of aromatic amines is 1. The maximum Gasteiger partial charge on any atom is 0.260 e. The summed E-state index contributed by atoms with van der Waals surface area (Å²) >= 11 is 5.68. The number of nitrogens with one attached hydrogen (secondary N) is 1. The molecule has 0 aliphatic heterocycles. The van der Waals surface area contributed by atoms with Crippen molar-refractivity contribution in [1.29, 1.82) is 0 Å². The number of alkyl halides is 1. The summed E-state index contributed by atoms with van der Waals surface area (Å²) in [5, 5.41) is 6.13. The normalized spacial score (nSPS) is 12.0. The van der Waals surface area contributed by atoms with E-state index >= 15 is 0 Å². The Hall–Kier alpha value is -1.44. The molecule has 0 amide bonds. The number of nitrogens with zero attached hydrogens (tertiary/aromatic N) is 2. The molecule has 2 rings (SSSR count). The van der Waals surface area contributed by atoms with Crippen LogP contribution in [0.5, 0.6) is 0 Å². The number of rotatable bonds is 5. The van der Waals surface area contributed by atoms with Crippen molar-refractivity contribution in [2.75, 3.05) is 7.05 Å². The molecule has 20 heavy (non-hydrogen) atoms. The number of hydrogen-bond donors (Lipinski definition) is 1. The van der Waals surface area contributed by atoms with Gasteiger partial charge in [0, 0.05) is 19.2 Å². The van der Waals surface area contributed by atoms with Gasteiger partial charge in [-0.05, 0) is 17.7 Å². The molecule has 108 valence electrons. The van der Waals surface area contributed by atoms with Crippen LogP contribution in [-0.4, -0.2) is 30.0 Å². The van der Waals surface area contributed by atoms with Gasteiger partial charge in [0.25, 0.3) is 10.0 Å². The van der Waals surface area contributed by atoms with E-state index in [1.54, 1.807) is 0 Å². The van der Waals surface area contributed by atoms with Gasteiger partial charge in [0.1, 0.15) is 5.82 Å². The minimum atomic E-state index is -3.71. The first-order chi connectivity index (χ1) is 9.45. The van der Waals surface area contributed by atoms with Crippen molar-refractivity contribution in [2.24, 2.45) is 0 Å². The molecule has 0 aliphatic rings. The van der Waals surface area contributed by atoms with Crippen molar-refractivity contribution in [3.05, 3.63) is 47.4 Å². The molecule has 0 spiro atoms. The van der Waals surface area contributed by atoms with Crippen molar-refractivity contribution in [2.45, 2.75) is 17.5 Å². The first-order valence-electron chi connectivity index (χ1n) is 5.74. The summed E-state index contributed by atoms with van der Waals surface area (Å²) in [4.78, 5) is 0. The van der Waals surface area contributed by atoms with Gasteiger partial charge in [0.2, 0.25) is 0 Å². The van der Waals surface area contributed by atoms with Crippen molar-refractivity contribution < 1.29 is 12.8 Å². The molecule has 1 aromatic carbocycles. The summed E-state index contributed by atoms with van der Waals surface area (Å²) in [6.07, 6.45) is 1.38. The molecule has 1 N–H and O–H groups in total. The standard InChI is InChI=1S/C12H13ClFN3O2S/c1-17(8-9-2-4-11(14)5-3-9)20(18,19)12-10(6-13)7-15-16-12/h2-5,7H,6,8H2,1H3,(H,15,16). The Balaban J connectivity index is 2.23. The first kappa shape index (κ1) is 15.0. The maximum absolute atomic E-state index is 12.8. The topological polar surface area (TPSA) is 66.1 Å². The molecule has 0 unspecified atom stereocenters. The zero-order valence-corrected chi connectivity index (χ0v) is 12.2. The lowest BCUT2D eigenvalue weighted by molar-refractivity contribution is 0.463. The number of H-pyrrole nitrogens is 1. The van der Waals surface area contributed by atoms with Gasteiger partial charge >= 0.3 is 0 Å². The van der Waals surface area contributed by atoms with E-state index < -0.39 is 10.0 Å². The smallest absolute Gasteiger partial charge is 0.260 e. The third-order valence-electron chi connectivity index (χ3n) is 2.81. The fourth-order valence-corrected chi connectivity index (χ4v) is 3.24. The Bertz CT molecular complexity index is 685. The second-order valence-corrected chi connectivity index (χ2v) is 6.49. The Morgan fingerprint density at radius 3 is 2.60 bits per heavy atom. The second kappa shape index (κ2) is 5.90. The molecule has 2 aromatic rings. The molecule has 1 aromatic heterocycles. The highest BCUT2D eigenvalue weighted by atomic mass is 35.5. The Morgan fingerprint density at radius 2 is 2.00 bits per heavy atom. The van der Waals surface area contributed by atoms with E-state index in [0.717, 1.165) is 4.31 Å². The molecule has 0 fully saturated rings.